The topological polar surface area (TPSA) is 96.0 Å². The van der Waals surface area contributed by atoms with Crippen molar-refractivity contribution in [3.8, 4) is 0 Å². The van der Waals surface area contributed by atoms with Crippen LogP contribution in [0.1, 0.15) is 84.6 Å². The molecule has 0 aromatic carbocycles. The van der Waals surface area contributed by atoms with E-state index in [1.165, 1.54) is 7.11 Å². The van der Waals surface area contributed by atoms with Crippen LogP contribution in [0.15, 0.2) is 0 Å². The molecule has 0 aromatic rings. The Kier molecular flexibility index (Phi) is 17.4. The number of cyclic esters (lactones) is 3. The van der Waals surface area contributed by atoms with E-state index in [1.807, 2.05) is 0 Å². The van der Waals surface area contributed by atoms with Gasteiger partial charge in [-0.15, -0.1) is 0 Å². The minimum atomic E-state index is -1.23. The van der Waals surface area contributed by atoms with Gasteiger partial charge in [0, 0.05) is 0 Å². The van der Waals surface area contributed by atoms with Gasteiger partial charge in [0.25, 0.3) is 0 Å². The maximum atomic E-state index is 12.4. The summed E-state index contributed by atoms with van der Waals surface area (Å²) in [6.07, 6.45) is 1.15. The fraction of sp³-hybridized carbons (Fsp3) is 0.818. The monoisotopic (exact) mass is 422 g/mol. The van der Waals surface area contributed by atoms with Crippen molar-refractivity contribution in [2.24, 2.45) is 22.7 Å². The van der Waals surface area contributed by atoms with Crippen LogP contribution in [0, 0.1) is 22.7 Å². The Balaban J connectivity index is -0.000000320. The average molecular weight is 423 g/mol. The third-order valence-electron chi connectivity index (χ3n) is 5.24. The van der Waals surface area contributed by atoms with Crippen LogP contribution >= 0.6 is 0 Å². The number of esters is 4. The van der Waals surface area contributed by atoms with Gasteiger partial charge in [0.2, 0.25) is 0 Å². The number of hydrogen-bond acceptors (Lipinski definition) is 7. The van der Waals surface area contributed by atoms with Crippen LogP contribution in [0.3, 0.4) is 0 Å². The molecular weight excluding hydrogens is 376 g/mol. The number of methoxy groups -OCH3 is 1. The van der Waals surface area contributed by atoms with Crippen LogP contribution < -0.4 is 0 Å². The SMILES string of the molecule is C.C.C.C.C.C.COC(=O)C(C)(CCC1(C)CCOC1=O)C1C(=O)OC(=O)C1C. The molecule has 0 saturated carbocycles. The molecule has 0 bridgehead atoms. The van der Waals surface area contributed by atoms with E-state index < -0.39 is 40.6 Å². The Morgan fingerprint density at radius 2 is 1.62 bits per heavy atom. The molecule has 2 fully saturated rings. The second-order valence-electron chi connectivity index (χ2n) is 6.86. The van der Waals surface area contributed by atoms with Gasteiger partial charge in [0.15, 0.2) is 0 Å². The minimum Gasteiger partial charge on any atom is -0.469 e. The first-order chi connectivity index (χ1) is 10.7. The zero-order valence-electron chi connectivity index (χ0n) is 13.8. The van der Waals surface area contributed by atoms with Gasteiger partial charge in [-0.2, -0.15) is 0 Å². The van der Waals surface area contributed by atoms with Crippen molar-refractivity contribution in [1.82, 2.24) is 0 Å². The van der Waals surface area contributed by atoms with Gasteiger partial charge in [-0.3, -0.25) is 19.2 Å². The van der Waals surface area contributed by atoms with Gasteiger partial charge in [0.1, 0.15) is 0 Å². The molecule has 7 heteroatoms. The molecule has 0 aliphatic carbocycles. The van der Waals surface area contributed by atoms with Gasteiger partial charge in [-0.05, 0) is 33.1 Å². The zero-order valence-corrected chi connectivity index (χ0v) is 13.8. The molecular formula is C22H46O7. The van der Waals surface area contributed by atoms with E-state index in [0.29, 0.717) is 19.4 Å². The van der Waals surface area contributed by atoms with E-state index >= 15 is 0 Å². The van der Waals surface area contributed by atoms with Crippen LogP contribution in [0.2, 0.25) is 0 Å². The smallest absolute Gasteiger partial charge is 0.318 e. The Morgan fingerprint density at radius 1 is 1.10 bits per heavy atom. The molecule has 0 aromatic heterocycles. The molecule has 2 aliphatic heterocycles. The van der Waals surface area contributed by atoms with Crippen LogP contribution in [0.5, 0.6) is 0 Å². The highest BCUT2D eigenvalue weighted by Gasteiger charge is 2.57. The lowest BCUT2D eigenvalue weighted by molar-refractivity contribution is -0.164. The van der Waals surface area contributed by atoms with Crippen LogP contribution in [0.4, 0.5) is 0 Å². The highest BCUT2D eigenvalue weighted by Crippen LogP contribution is 2.46. The number of ether oxygens (including phenoxy) is 3. The van der Waals surface area contributed by atoms with Crippen molar-refractivity contribution < 1.29 is 33.4 Å². The third kappa shape index (κ3) is 6.54. The highest BCUT2D eigenvalue weighted by molar-refractivity contribution is 5.99. The number of rotatable bonds is 5. The van der Waals surface area contributed by atoms with Crippen molar-refractivity contribution in [2.75, 3.05) is 13.7 Å². The Morgan fingerprint density at radius 3 is 1.97 bits per heavy atom. The lowest BCUT2D eigenvalue weighted by Crippen LogP contribution is -2.43. The first-order valence-corrected chi connectivity index (χ1v) is 7.67. The van der Waals surface area contributed by atoms with E-state index in [1.54, 1.807) is 20.8 Å². The van der Waals surface area contributed by atoms with Crippen molar-refractivity contribution >= 4 is 23.9 Å². The molecule has 176 valence electrons. The van der Waals surface area contributed by atoms with Crippen molar-refractivity contribution in [3.05, 3.63) is 0 Å². The predicted octanol–water partition coefficient (Wildman–Crippen LogP) is 5.05. The summed E-state index contributed by atoms with van der Waals surface area (Å²) in [5, 5.41) is 0. The van der Waals surface area contributed by atoms with Gasteiger partial charge in [-0.1, -0.05) is 51.5 Å². The first-order valence-electron chi connectivity index (χ1n) is 7.67. The molecule has 0 N–H and O–H groups in total. The molecule has 0 amide bonds. The Bertz CT molecular complexity index is 557. The highest BCUT2D eigenvalue weighted by atomic mass is 16.6. The Hall–Kier alpha value is -1.92. The maximum Gasteiger partial charge on any atom is 0.318 e. The molecule has 29 heavy (non-hydrogen) atoms. The van der Waals surface area contributed by atoms with Gasteiger partial charge < -0.3 is 14.2 Å². The summed E-state index contributed by atoms with van der Waals surface area (Å²) in [4.78, 5) is 47.9. The fourth-order valence-electron chi connectivity index (χ4n) is 3.43. The first kappa shape index (κ1) is 37.8. The number of hydrogen-bond donors (Lipinski definition) is 0. The van der Waals surface area contributed by atoms with Crippen LogP contribution in [-0.4, -0.2) is 37.6 Å². The van der Waals surface area contributed by atoms with Gasteiger partial charge in [-0.25, -0.2) is 0 Å². The van der Waals surface area contributed by atoms with E-state index in [4.69, 9.17) is 9.47 Å². The summed E-state index contributed by atoms with van der Waals surface area (Å²) in [5.41, 5.74) is -1.92. The molecule has 4 atom stereocenters. The van der Waals surface area contributed by atoms with Gasteiger partial charge in [0.05, 0.1) is 36.4 Å². The van der Waals surface area contributed by atoms with E-state index in [2.05, 4.69) is 4.74 Å². The predicted molar refractivity (Wildman–Crippen MR) is 117 cm³/mol. The average Bonchev–Trinajstić information content (AvgIpc) is 2.96. The zero-order chi connectivity index (χ0) is 17.4. The molecule has 2 rings (SSSR count). The molecule has 0 spiro atoms. The largest absolute Gasteiger partial charge is 0.469 e. The summed E-state index contributed by atoms with van der Waals surface area (Å²) < 4.78 is 14.5. The van der Waals surface area contributed by atoms with Crippen LogP contribution in [-0.2, 0) is 33.4 Å². The molecule has 4 unspecified atom stereocenters. The molecule has 2 saturated heterocycles. The van der Waals surface area contributed by atoms with Crippen molar-refractivity contribution in [1.29, 1.82) is 0 Å². The summed E-state index contributed by atoms with van der Waals surface area (Å²) in [5.74, 6) is -3.88. The lowest BCUT2D eigenvalue weighted by Gasteiger charge is -2.34. The van der Waals surface area contributed by atoms with E-state index in [0.717, 1.165) is 0 Å². The second kappa shape index (κ2) is 13.3. The normalized spacial score (nSPS) is 26.3. The minimum absolute atomic E-state index is 0. The summed E-state index contributed by atoms with van der Waals surface area (Å²) in [6, 6.07) is 0. The van der Waals surface area contributed by atoms with Crippen LogP contribution in [0.25, 0.3) is 0 Å². The second-order valence-corrected chi connectivity index (χ2v) is 6.86. The molecule has 2 aliphatic rings. The molecule has 7 nitrogen and oxygen atoms in total. The van der Waals surface area contributed by atoms with E-state index in [9.17, 15) is 19.2 Å². The number of carbonyl (C=O) groups is 4. The summed E-state index contributed by atoms with van der Waals surface area (Å²) in [6.45, 7) is 5.28. The summed E-state index contributed by atoms with van der Waals surface area (Å²) in [7, 11) is 1.24. The Labute approximate surface area is 178 Å². The summed E-state index contributed by atoms with van der Waals surface area (Å²) >= 11 is 0. The third-order valence-corrected chi connectivity index (χ3v) is 5.24. The fourth-order valence-corrected chi connectivity index (χ4v) is 3.43. The van der Waals surface area contributed by atoms with Crippen molar-refractivity contribution in [2.45, 2.75) is 84.6 Å². The molecule has 0 radical (unpaired) electrons. The lowest BCUT2D eigenvalue weighted by atomic mass is 9.66. The quantitative estimate of drug-likeness (QED) is 0.347. The van der Waals surface area contributed by atoms with Gasteiger partial charge >= 0.3 is 23.9 Å². The maximum absolute atomic E-state index is 12.4. The molecule has 2 heterocycles. The van der Waals surface area contributed by atoms with E-state index in [-0.39, 0.29) is 57.0 Å². The number of carbonyl (C=O) groups excluding carboxylic acids is 4. The van der Waals surface area contributed by atoms with Crippen molar-refractivity contribution in [3.63, 3.8) is 0 Å². The standard InChI is InChI=1S/C16H22O7.6CH4/c1-9-10(12(18)23-11(9)17)16(3,14(20)21-4)6-5-15(2)7-8-22-13(15)19;;;;;;/h9-10H,5-8H2,1-4H3;6*1H4.